The van der Waals surface area contributed by atoms with E-state index in [1.165, 1.54) is 17.4 Å². The van der Waals surface area contributed by atoms with Gasteiger partial charge in [0, 0.05) is 17.7 Å². The van der Waals surface area contributed by atoms with Crippen molar-refractivity contribution in [1.82, 2.24) is 4.98 Å². The average molecular weight is 424 g/mol. The van der Waals surface area contributed by atoms with Gasteiger partial charge in [0.1, 0.15) is 11.5 Å². The molecule has 2 aromatic carbocycles. The summed E-state index contributed by atoms with van der Waals surface area (Å²) in [6.45, 7) is 6.38. The van der Waals surface area contributed by atoms with Crippen LogP contribution in [0.4, 0.5) is 0 Å². The Bertz CT molecular complexity index is 1210. The van der Waals surface area contributed by atoms with Crippen molar-refractivity contribution in [3.8, 4) is 11.5 Å². The molecule has 5 nitrogen and oxygen atoms in total. The summed E-state index contributed by atoms with van der Waals surface area (Å²) in [5.41, 5.74) is 2.30. The monoisotopic (exact) mass is 423 g/mol. The summed E-state index contributed by atoms with van der Waals surface area (Å²) in [7, 11) is 3.15. The van der Waals surface area contributed by atoms with Gasteiger partial charge in [-0.2, -0.15) is 0 Å². The summed E-state index contributed by atoms with van der Waals surface area (Å²) >= 11 is 1.23. The SMILES string of the molecule is COc1cc(/C=c2\s/c(=C\C(=O)c3ccc(C(C)(C)C)cc3)[nH]c2=O)cc(OC)c1. The number of ether oxygens (including phenoxy) is 2. The standard InChI is InChI=1S/C24H25NO4S/c1-24(2,3)17-8-6-16(7-9-17)20(26)14-22-25-23(27)21(30-22)12-15-10-18(28-4)13-19(11-15)29-5/h6-14H,1-5H3,(H,25,27)/b21-12-,22-14-. The lowest BCUT2D eigenvalue weighted by atomic mass is 9.86. The van der Waals surface area contributed by atoms with Gasteiger partial charge in [0.2, 0.25) is 0 Å². The highest BCUT2D eigenvalue weighted by molar-refractivity contribution is 7.07. The molecule has 3 aromatic rings. The number of benzene rings is 2. The predicted octanol–water partition coefficient (Wildman–Crippen LogP) is 3.24. The van der Waals surface area contributed by atoms with Crippen LogP contribution in [0.15, 0.2) is 47.3 Å². The van der Waals surface area contributed by atoms with Crippen LogP contribution in [0.25, 0.3) is 12.2 Å². The molecule has 0 aliphatic carbocycles. The Kier molecular flexibility index (Phi) is 6.27. The maximum Gasteiger partial charge on any atom is 0.266 e. The summed E-state index contributed by atoms with van der Waals surface area (Å²) in [4.78, 5) is 27.7. The fraction of sp³-hybridized carbons (Fsp3) is 0.250. The molecule has 0 spiro atoms. The first-order valence-corrected chi connectivity index (χ1v) is 10.3. The van der Waals surface area contributed by atoms with Gasteiger partial charge in [-0.15, -0.1) is 11.3 Å². The van der Waals surface area contributed by atoms with E-state index in [9.17, 15) is 9.59 Å². The van der Waals surface area contributed by atoms with Crippen molar-refractivity contribution in [2.24, 2.45) is 0 Å². The minimum Gasteiger partial charge on any atom is -0.497 e. The molecule has 3 rings (SSSR count). The first-order valence-electron chi connectivity index (χ1n) is 9.50. The number of ketones is 1. The number of thiazole rings is 1. The number of methoxy groups -OCH3 is 2. The van der Waals surface area contributed by atoms with Crippen molar-refractivity contribution >= 4 is 29.3 Å². The Hall–Kier alpha value is -3.12. The molecule has 1 aromatic heterocycles. The fourth-order valence-electron chi connectivity index (χ4n) is 2.93. The van der Waals surface area contributed by atoms with Crippen LogP contribution in [0.3, 0.4) is 0 Å². The number of rotatable bonds is 5. The molecule has 0 bridgehead atoms. The molecular formula is C24H25NO4S. The fourth-order valence-corrected chi connectivity index (χ4v) is 3.81. The summed E-state index contributed by atoms with van der Waals surface area (Å²) < 4.78 is 11.5. The Morgan fingerprint density at radius 1 is 1.00 bits per heavy atom. The Balaban J connectivity index is 1.94. The van der Waals surface area contributed by atoms with Crippen LogP contribution in [0.5, 0.6) is 11.5 Å². The number of hydrogen-bond donors (Lipinski definition) is 1. The molecule has 0 saturated carbocycles. The van der Waals surface area contributed by atoms with Gasteiger partial charge in [0.15, 0.2) is 5.78 Å². The van der Waals surface area contributed by atoms with Gasteiger partial charge in [-0.05, 0) is 34.8 Å². The number of Topliss-reactive ketones (excluding diaryl/α,β-unsaturated/α-hetero) is 1. The second kappa shape index (κ2) is 8.71. The smallest absolute Gasteiger partial charge is 0.266 e. The van der Waals surface area contributed by atoms with E-state index in [1.54, 1.807) is 26.4 Å². The molecule has 30 heavy (non-hydrogen) atoms. The molecule has 0 unspecified atom stereocenters. The minimum atomic E-state index is -0.246. The number of carbonyl (C=O) groups excluding carboxylic acids is 1. The molecule has 156 valence electrons. The van der Waals surface area contributed by atoms with Crippen LogP contribution >= 0.6 is 11.3 Å². The topological polar surface area (TPSA) is 68.4 Å². The van der Waals surface area contributed by atoms with Crippen LogP contribution in [0.1, 0.15) is 42.3 Å². The normalized spacial score (nSPS) is 12.8. The maximum atomic E-state index is 12.6. The van der Waals surface area contributed by atoms with Crippen molar-refractivity contribution in [1.29, 1.82) is 0 Å². The van der Waals surface area contributed by atoms with Gasteiger partial charge in [-0.1, -0.05) is 45.0 Å². The molecule has 0 radical (unpaired) electrons. The maximum absolute atomic E-state index is 12.6. The third-order valence-electron chi connectivity index (χ3n) is 4.65. The van der Waals surface area contributed by atoms with Crippen LogP contribution < -0.4 is 24.2 Å². The predicted molar refractivity (Wildman–Crippen MR) is 121 cm³/mol. The zero-order valence-electron chi connectivity index (χ0n) is 17.7. The van der Waals surface area contributed by atoms with Crippen molar-refractivity contribution in [3.05, 3.63) is 78.7 Å². The van der Waals surface area contributed by atoms with Crippen molar-refractivity contribution in [3.63, 3.8) is 0 Å². The molecule has 0 fully saturated rings. The zero-order chi connectivity index (χ0) is 21.9. The van der Waals surface area contributed by atoms with E-state index in [4.69, 9.17) is 9.47 Å². The molecule has 0 saturated heterocycles. The van der Waals surface area contributed by atoms with Crippen molar-refractivity contribution in [2.45, 2.75) is 26.2 Å². The Morgan fingerprint density at radius 3 is 2.13 bits per heavy atom. The van der Waals surface area contributed by atoms with Crippen molar-refractivity contribution < 1.29 is 14.3 Å². The molecule has 0 aliphatic rings. The summed E-state index contributed by atoms with van der Waals surface area (Å²) in [6.07, 6.45) is 3.20. The third-order valence-corrected chi connectivity index (χ3v) is 5.61. The molecule has 1 N–H and O–H groups in total. The number of nitrogens with one attached hydrogen (secondary N) is 1. The van der Waals surface area contributed by atoms with E-state index >= 15 is 0 Å². The quantitative estimate of drug-likeness (QED) is 0.640. The summed E-state index contributed by atoms with van der Waals surface area (Å²) in [5, 5.41) is 0. The van der Waals surface area contributed by atoms with E-state index < -0.39 is 0 Å². The van der Waals surface area contributed by atoms with Gasteiger partial charge in [-0.3, -0.25) is 9.59 Å². The highest BCUT2D eigenvalue weighted by atomic mass is 32.1. The highest BCUT2D eigenvalue weighted by Crippen LogP contribution is 2.23. The highest BCUT2D eigenvalue weighted by Gasteiger charge is 2.13. The third kappa shape index (κ3) is 5.07. The number of carbonyl (C=O) groups is 1. The van der Waals surface area contributed by atoms with Gasteiger partial charge in [0.25, 0.3) is 5.56 Å². The Morgan fingerprint density at radius 2 is 1.60 bits per heavy atom. The van der Waals surface area contributed by atoms with Gasteiger partial charge < -0.3 is 14.5 Å². The zero-order valence-corrected chi connectivity index (χ0v) is 18.6. The van der Waals surface area contributed by atoms with Crippen LogP contribution in [0.2, 0.25) is 0 Å². The number of aromatic nitrogens is 1. The molecule has 1 heterocycles. The molecule has 0 aliphatic heterocycles. The molecular weight excluding hydrogens is 398 g/mol. The number of hydrogen-bond acceptors (Lipinski definition) is 5. The second-order valence-electron chi connectivity index (χ2n) is 7.91. The lowest BCUT2D eigenvalue weighted by Crippen LogP contribution is -2.20. The van der Waals surface area contributed by atoms with Gasteiger partial charge >= 0.3 is 0 Å². The van der Waals surface area contributed by atoms with Crippen molar-refractivity contribution in [2.75, 3.05) is 14.2 Å². The van der Waals surface area contributed by atoms with E-state index in [0.29, 0.717) is 26.3 Å². The minimum absolute atomic E-state index is 0.0256. The molecule has 0 atom stereocenters. The van der Waals surface area contributed by atoms with E-state index in [1.807, 2.05) is 36.4 Å². The number of H-pyrrole nitrogens is 1. The van der Waals surface area contributed by atoms with Gasteiger partial charge in [-0.25, -0.2) is 0 Å². The first kappa shape index (κ1) is 21.6. The Labute approximate surface area is 179 Å². The van der Waals surface area contributed by atoms with Crippen LogP contribution in [0, 0.1) is 0 Å². The van der Waals surface area contributed by atoms with E-state index in [0.717, 1.165) is 11.1 Å². The van der Waals surface area contributed by atoms with E-state index in [-0.39, 0.29) is 16.8 Å². The number of aromatic amines is 1. The average Bonchev–Trinajstić information content (AvgIpc) is 3.05. The molecule has 6 heteroatoms. The van der Waals surface area contributed by atoms with Crippen LogP contribution in [-0.2, 0) is 5.41 Å². The second-order valence-corrected chi connectivity index (χ2v) is 8.99. The largest absolute Gasteiger partial charge is 0.497 e. The molecule has 0 amide bonds. The summed E-state index contributed by atoms with van der Waals surface area (Å²) in [6, 6.07) is 13.0. The van der Waals surface area contributed by atoms with E-state index in [2.05, 4.69) is 25.8 Å². The first-order chi connectivity index (χ1) is 14.2. The lowest BCUT2D eigenvalue weighted by Gasteiger charge is -2.18. The summed E-state index contributed by atoms with van der Waals surface area (Å²) in [5.74, 6) is 1.12. The van der Waals surface area contributed by atoms with Gasteiger partial charge in [0.05, 0.1) is 23.4 Å². The van der Waals surface area contributed by atoms with Crippen LogP contribution in [-0.4, -0.2) is 25.0 Å². The lowest BCUT2D eigenvalue weighted by molar-refractivity contribution is 0.106.